The molecule has 0 atom stereocenters. The molecule has 0 bridgehead atoms. The summed E-state index contributed by atoms with van der Waals surface area (Å²) < 4.78 is 1.06. The van der Waals surface area contributed by atoms with Gasteiger partial charge in [0.1, 0.15) is 10.2 Å². The maximum atomic E-state index is 5.22. The molecule has 0 aliphatic rings. The van der Waals surface area contributed by atoms with E-state index in [-0.39, 0.29) is 0 Å². The average Bonchev–Trinajstić information content (AvgIpc) is 2.88. The van der Waals surface area contributed by atoms with Crippen LogP contribution in [0.2, 0.25) is 0 Å². The van der Waals surface area contributed by atoms with Crippen LogP contribution in [0.5, 0.6) is 0 Å². The third-order valence-corrected chi connectivity index (χ3v) is 4.13. The molecule has 4 nitrogen and oxygen atoms in total. The monoisotopic (exact) mass is 332 g/mol. The number of benzene rings is 1. The van der Waals surface area contributed by atoms with Crippen molar-refractivity contribution in [2.75, 3.05) is 5.75 Å². The number of nitrogens with zero attached hydrogens (tertiary/aromatic N) is 1. The van der Waals surface area contributed by atoms with Crippen LogP contribution in [0.4, 0.5) is 0 Å². The van der Waals surface area contributed by atoms with Gasteiger partial charge < -0.3 is 15.0 Å². The number of rotatable bonds is 4. The number of aromatic amines is 3. The van der Waals surface area contributed by atoms with Crippen molar-refractivity contribution in [1.29, 1.82) is 0 Å². The van der Waals surface area contributed by atoms with Gasteiger partial charge in [-0.25, -0.2) is 4.98 Å². The van der Waals surface area contributed by atoms with E-state index in [0.717, 1.165) is 16.4 Å². The first-order chi connectivity index (χ1) is 10.2. The summed E-state index contributed by atoms with van der Waals surface area (Å²) in [6, 6.07) is 10.2. The fourth-order valence-electron chi connectivity index (χ4n) is 1.85. The first-order valence-electron chi connectivity index (χ1n) is 6.29. The van der Waals surface area contributed by atoms with Gasteiger partial charge in [0.25, 0.3) is 0 Å². The Bertz CT molecular complexity index is 890. The molecule has 2 heterocycles. The predicted molar refractivity (Wildman–Crippen MR) is 92.7 cm³/mol. The number of hydrogen-bond donors (Lipinski definition) is 3. The van der Waals surface area contributed by atoms with Crippen molar-refractivity contribution in [2.45, 2.75) is 5.16 Å². The molecule has 0 amide bonds. The Morgan fingerprint density at radius 2 is 1.90 bits per heavy atom. The van der Waals surface area contributed by atoms with E-state index in [1.165, 1.54) is 5.56 Å². The van der Waals surface area contributed by atoms with Gasteiger partial charge in [0.15, 0.2) is 15.6 Å². The van der Waals surface area contributed by atoms with Crippen molar-refractivity contribution >= 4 is 53.4 Å². The molecular weight excluding hydrogens is 320 g/mol. The number of fused-ring (bicyclic) bond motifs is 1. The van der Waals surface area contributed by atoms with Crippen LogP contribution in [-0.4, -0.2) is 25.7 Å². The summed E-state index contributed by atoms with van der Waals surface area (Å²) in [5, 5.41) is 0.819. The van der Waals surface area contributed by atoms with Gasteiger partial charge in [-0.05, 0) is 17.8 Å². The van der Waals surface area contributed by atoms with Crippen LogP contribution in [0.25, 0.3) is 17.2 Å². The van der Waals surface area contributed by atoms with Crippen molar-refractivity contribution in [3.8, 4) is 0 Å². The van der Waals surface area contributed by atoms with E-state index in [1.807, 2.05) is 18.2 Å². The van der Waals surface area contributed by atoms with E-state index in [9.17, 15) is 0 Å². The molecule has 3 rings (SSSR count). The fourth-order valence-corrected chi connectivity index (χ4v) is 3.05. The Kier molecular flexibility index (Phi) is 4.33. The van der Waals surface area contributed by atoms with Gasteiger partial charge in [-0.3, -0.25) is 0 Å². The van der Waals surface area contributed by atoms with Gasteiger partial charge in [-0.2, -0.15) is 0 Å². The molecule has 0 radical (unpaired) electrons. The van der Waals surface area contributed by atoms with Crippen molar-refractivity contribution in [2.24, 2.45) is 0 Å². The molecule has 1 aromatic carbocycles. The highest BCUT2D eigenvalue weighted by Crippen LogP contribution is 2.18. The number of aromatic nitrogens is 4. The largest absolute Gasteiger partial charge is 0.329 e. The zero-order valence-corrected chi connectivity index (χ0v) is 13.4. The molecular formula is C14H12N4S3. The average molecular weight is 332 g/mol. The van der Waals surface area contributed by atoms with Gasteiger partial charge in [0.05, 0.1) is 0 Å². The van der Waals surface area contributed by atoms with Crippen molar-refractivity contribution in [3.05, 3.63) is 51.4 Å². The first kappa shape index (κ1) is 14.2. The Labute approximate surface area is 135 Å². The van der Waals surface area contributed by atoms with E-state index in [2.05, 4.69) is 44.2 Å². The molecule has 3 N–H and O–H groups in total. The minimum absolute atomic E-state index is 0.486. The molecule has 7 heteroatoms. The standard InChI is InChI=1S/C14H12N4S3/c19-12-10-11(16-13(20)18-12)17-14(15-10)21-8-4-7-9-5-2-1-3-6-9/h1-7H,8H2,(H3,15,16,17,18,19,20)/b7-4+. The molecule has 0 aliphatic heterocycles. The zero-order valence-electron chi connectivity index (χ0n) is 10.9. The third-order valence-electron chi connectivity index (χ3n) is 2.79. The molecule has 0 saturated heterocycles. The van der Waals surface area contributed by atoms with Crippen molar-refractivity contribution in [3.63, 3.8) is 0 Å². The lowest BCUT2D eigenvalue weighted by molar-refractivity contribution is 1.07. The molecule has 106 valence electrons. The maximum Gasteiger partial charge on any atom is 0.177 e. The molecule has 0 spiro atoms. The van der Waals surface area contributed by atoms with E-state index in [0.29, 0.717) is 15.1 Å². The summed E-state index contributed by atoms with van der Waals surface area (Å²) in [7, 11) is 0. The van der Waals surface area contributed by atoms with Crippen LogP contribution >= 0.6 is 36.2 Å². The summed E-state index contributed by atoms with van der Waals surface area (Å²) in [5.74, 6) is 0.825. The minimum Gasteiger partial charge on any atom is -0.329 e. The summed E-state index contributed by atoms with van der Waals surface area (Å²) in [5.41, 5.74) is 2.67. The highest BCUT2D eigenvalue weighted by Gasteiger charge is 2.04. The summed E-state index contributed by atoms with van der Waals surface area (Å²) in [6.45, 7) is 0. The molecule has 0 fully saturated rings. The van der Waals surface area contributed by atoms with Crippen LogP contribution in [-0.2, 0) is 0 Å². The van der Waals surface area contributed by atoms with Gasteiger partial charge in [0.2, 0.25) is 0 Å². The second-order valence-electron chi connectivity index (χ2n) is 4.30. The van der Waals surface area contributed by atoms with Crippen LogP contribution in [0.1, 0.15) is 5.56 Å². The lowest BCUT2D eigenvalue weighted by atomic mass is 10.2. The summed E-state index contributed by atoms with van der Waals surface area (Å²) >= 11 is 11.9. The van der Waals surface area contributed by atoms with E-state index in [4.69, 9.17) is 24.4 Å². The van der Waals surface area contributed by atoms with Crippen molar-refractivity contribution in [1.82, 2.24) is 19.9 Å². The van der Waals surface area contributed by atoms with Crippen LogP contribution in [0, 0.1) is 9.41 Å². The molecule has 21 heavy (non-hydrogen) atoms. The number of hydrogen-bond acceptors (Lipinski definition) is 4. The number of nitrogens with one attached hydrogen (secondary N) is 3. The predicted octanol–water partition coefficient (Wildman–Crippen LogP) is 4.48. The topological polar surface area (TPSA) is 60.3 Å². The van der Waals surface area contributed by atoms with Gasteiger partial charge in [-0.1, -0.05) is 66.5 Å². The second-order valence-corrected chi connectivity index (χ2v) is 6.12. The molecule has 3 aromatic rings. The number of H-pyrrole nitrogens is 3. The van der Waals surface area contributed by atoms with Gasteiger partial charge in [-0.15, -0.1) is 0 Å². The molecule has 0 unspecified atom stereocenters. The highest BCUT2D eigenvalue weighted by molar-refractivity contribution is 7.99. The molecule has 0 aliphatic carbocycles. The zero-order chi connectivity index (χ0) is 14.7. The maximum absolute atomic E-state index is 5.22. The van der Waals surface area contributed by atoms with Gasteiger partial charge in [0, 0.05) is 5.75 Å². The lowest BCUT2D eigenvalue weighted by Gasteiger charge is -1.92. The lowest BCUT2D eigenvalue weighted by Crippen LogP contribution is -1.83. The smallest absolute Gasteiger partial charge is 0.177 e. The number of thioether (sulfide) groups is 1. The molecule has 0 saturated carbocycles. The Balaban J connectivity index is 1.71. The highest BCUT2D eigenvalue weighted by atomic mass is 32.2. The minimum atomic E-state index is 0.486. The fraction of sp³-hybridized carbons (Fsp3) is 0.0714. The SMILES string of the molecule is S=c1[nH]c(=S)c2[nH]c(SC/C=C/c3ccccc3)nc2[nH]1. The Morgan fingerprint density at radius 3 is 2.71 bits per heavy atom. The van der Waals surface area contributed by atoms with Gasteiger partial charge >= 0.3 is 0 Å². The Morgan fingerprint density at radius 1 is 1.10 bits per heavy atom. The van der Waals surface area contributed by atoms with Crippen LogP contribution < -0.4 is 0 Å². The molecule has 2 aromatic heterocycles. The van der Waals surface area contributed by atoms with E-state index < -0.39 is 0 Å². The van der Waals surface area contributed by atoms with Crippen LogP contribution in [0.3, 0.4) is 0 Å². The summed E-state index contributed by atoms with van der Waals surface area (Å²) in [6.07, 6.45) is 4.20. The normalized spacial score (nSPS) is 11.4. The summed E-state index contributed by atoms with van der Waals surface area (Å²) in [4.78, 5) is 13.5. The first-order valence-corrected chi connectivity index (χ1v) is 8.09. The van der Waals surface area contributed by atoms with Crippen molar-refractivity contribution < 1.29 is 0 Å². The third kappa shape index (κ3) is 3.49. The second kappa shape index (κ2) is 6.38. The van der Waals surface area contributed by atoms with E-state index >= 15 is 0 Å². The number of imidazole rings is 1. The van der Waals surface area contributed by atoms with E-state index in [1.54, 1.807) is 11.8 Å². The van der Waals surface area contributed by atoms with Crippen LogP contribution in [0.15, 0.2) is 41.6 Å². The quantitative estimate of drug-likeness (QED) is 0.487. The Hall–Kier alpha value is -1.70.